The molecule has 1 heterocycles. The highest BCUT2D eigenvalue weighted by atomic mass is 79.9. The van der Waals surface area contributed by atoms with Crippen LogP contribution >= 0.6 is 27.5 Å². The maximum Gasteiger partial charge on any atom is 0.239 e. The van der Waals surface area contributed by atoms with Gasteiger partial charge in [0, 0.05) is 17.6 Å². The highest BCUT2D eigenvalue weighted by molar-refractivity contribution is 9.10. The van der Waals surface area contributed by atoms with Crippen LogP contribution in [0.1, 0.15) is 12.0 Å². The first kappa shape index (κ1) is 14.6. The Hall–Kier alpha value is -0.780. The summed E-state index contributed by atoms with van der Waals surface area (Å²) in [6, 6.07) is 3.89. The average molecular weight is 348 g/mol. The van der Waals surface area contributed by atoms with Crippen LogP contribution in [0.5, 0.6) is 0 Å². The zero-order valence-corrected chi connectivity index (χ0v) is 13.0. The molecule has 104 valence electrons. The highest BCUT2D eigenvalue weighted by Crippen LogP contribution is 2.30. The molecule has 1 saturated heterocycles. The van der Waals surface area contributed by atoms with Crippen molar-refractivity contribution in [1.82, 2.24) is 0 Å². The van der Waals surface area contributed by atoms with Crippen molar-refractivity contribution in [3.05, 3.63) is 22.2 Å². The first-order valence-electron chi connectivity index (χ1n) is 6.11. The Morgan fingerprint density at radius 1 is 1.58 bits per heavy atom. The lowest BCUT2D eigenvalue weighted by Gasteiger charge is -2.27. The van der Waals surface area contributed by atoms with E-state index in [-0.39, 0.29) is 17.9 Å². The molecule has 0 unspecified atom stereocenters. The molecule has 1 atom stereocenters. The number of amides is 1. The number of hydrogen-bond donors (Lipinski definition) is 2. The molecule has 1 aromatic carbocycles. The van der Waals surface area contributed by atoms with E-state index in [0.717, 1.165) is 41.0 Å². The molecule has 2 N–H and O–H groups in total. The fourth-order valence-corrected chi connectivity index (χ4v) is 2.53. The largest absolute Gasteiger partial charge is 0.381 e. The second-order valence-corrected chi connectivity index (χ2v) is 5.67. The summed E-state index contributed by atoms with van der Waals surface area (Å²) in [4.78, 5) is 11.5. The lowest BCUT2D eigenvalue weighted by atomic mass is 10.1. The van der Waals surface area contributed by atoms with Gasteiger partial charge in [-0.2, -0.15) is 0 Å². The van der Waals surface area contributed by atoms with E-state index in [1.165, 1.54) is 0 Å². The molecule has 1 aliphatic rings. The van der Waals surface area contributed by atoms with E-state index in [1.54, 1.807) is 0 Å². The number of nitrogens with one attached hydrogen (secondary N) is 2. The first-order chi connectivity index (χ1) is 9.10. The van der Waals surface area contributed by atoms with E-state index in [9.17, 15) is 4.79 Å². The molecule has 4 nitrogen and oxygen atoms in total. The monoisotopic (exact) mass is 346 g/mol. The van der Waals surface area contributed by atoms with Gasteiger partial charge in [-0.25, -0.2) is 0 Å². The molecule has 0 aliphatic carbocycles. The minimum atomic E-state index is -0.213. The highest BCUT2D eigenvalue weighted by Gasteiger charge is 2.18. The van der Waals surface area contributed by atoms with Crippen LogP contribution in [-0.4, -0.2) is 31.0 Å². The number of aryl methyl sites for hydroxylation is 1. The fraction of sp³-hybridized carbons (Fsp3) is 0.462. The van der Waals surface area contributed by atoms with Crippen LogP contribution in [0.3, 0.4) is 0 Å². The van der Waals surface area contributed by atoms with E-state index < -0.39 is 0 Å². The smallest absolute Gasteiger partial charge is 0.239 e. The molecule has 0 saturated carbocycles. The minimum absolute atomic E-state index is 0.0549. The van der Waals surface area contributed by atoms with Crippen LogP contribution in [0, 0.1) is 6.92 Å². The van der Waals surface area contributed by atoms with Crippen molar-refractivity contribution >= 4 is 44.8 Å². The molecule has 19 heavy (non-hydrogen) atoms. The van der Waals surface area contributed by atoms with Crippen molar-refractivity contribution in [1.29, 1.82) is 0 Å². The number of hydrogen-bond acceptors (Lipinski definition) is 3. The van der Waals surface area contributed by atoms with Crippen molar-refractivity contribution in [2.45, 2.75) is 19.4 Å². The summed E-state index contributed by atoms with van der Waals surface area (Å²) in [6.07, 6.45) is 1.33. The topological polar surface area (TPSA) is 50.4 Å². The van der Waals surface area contributed by atoms with Crippen LogP contribution in [0.15, 0.2) is 16.6 Å². The predicted octanol–water partition coefficient (Wildman–Crippen LogP) is 3.14. The molecular weight excluding hydrogens is 332 g/mol. The van der Waals surface area contributed by atoms with Crippen LogP contribution < -0.4 is 10.6 Å². The Labute approximate surface area is 126 Å². The summed E-state index contributed by atoms with van der Waals surface area (Å²) in [7, 11) is 0. The van der Waals surface area contributed by atoms with E-state index >= 15 is 0 Å². The third kappa shape index (κ3) is 3.84. The second kappa shape index (κ2) is 6.59. The zero-order chi connectivity index (χ0) is 13.8. The lowest BCUT2D eigenvalue weighted by molar-refractivity contribution is -0.113. The minimum Gasteiger partial charge on any atom is -0.381 e. The van der Waals surface area contributed by atoms with E-state index in [0.29, 0.717) is 0 Å². The van der Waals surface area contributed by atoms with Crippen molar-refractivity contribution in [2.75, 3.05) is 29.7 Å². The maximum atomic E-state index is 11.5. The number of carbonyl (C=O) groups excluding carboxylic acids is 1. The zero-order valence-electron chi connectivity index (χ0n) is 10.6. The predicted molar refractivity (Wildman–Crippen MR) is 81.1 cm³/mol. The van der Waals surface area contributed by atoms with Gasteiger partial charge in [0.25, 0.3) is 0 Å². The van der Waals surface area contributed by atoms with Gasteiger partial charge in [0.1, 0.15) is 5.88 Å². The molecule has 0 spiro atoms. The Morgan fingerprint density at radius 3 is 2.89 bits per heavy atom. The summed E-state index contributed by atoms with van der Waals surface area (Å²) in [5.74, 6) is -0.268. The molecule has 0 radical (unpaired) electrons. The van der Waals surface area contributed by atoms with Gasteiger partial charge in [0.05, 0.1) is 17.5 Å². The van der Waals surface area contributed by atoms with Gasteiger partial charge in [0.15, 0.2) is 0 Å². The van der Waals surface area contributed by atoms with Crippen molar-refractivity contribution < 1.29 is 9.53 Å². The van der Waals surface area contributed by atoms with Gasteiger partial charge in [-0.15, -0.1) is 11.6 Å². The molecule has 1 aliphatic heterocycles. The van der Waals surface area contributed by atoms with Crippen molar-refractivity contribution in [2.24, 2.45) is 0 Å². The fourth-order valence-electron chi connectivity index (χ4n) is 1.89. The van der Waals surface area contributed by atoms with E-state index in [4.69, 9.17) is 16.3 Å². The Balaban J connectivity index is 2.14. The number of rotatable bonds is 5. The van der Waals surface area contributed by atoms with Crippen molar-refractivity contribution in [3.63, 3.8) is 0 Å². The van der Waals surface area contributed by atoms with Gasteiger partial charge >= 0.3 is 0 Å². The summed E-state index contributed by atoms with van der Waals surface area (Å²) in [6.45, 7) is 3.51. The Bertz CT molecular complexity index is 478. The van der Waals surface area contributed by atoms with Crippen LogP contribution in [0.4, 0.5) is 11.4 Å². The second-order valence-electron chi connectivity index (χ2n) is 4.49. The third-order valence-corrected chi connectivity index (χ3v) is 3.70. The Kier molecular flexibility index (Phi) is 5.07. The van der Waals surface area contributed by atoms with Gasteiger partial charge in [-0.3, -0.25) is 4.79 Å². The maximum absolute atomic E-state index is 11.5. The number of halogens is 2. The number of ether oxygens (including phenoxy) is 1. The molecule has 0 bridgehead atoms. The third-order valence-electron chi connectivity index (χ3n) is 3.00. The normalized spacial score (nSPS) is 17.7. The number of anilines is 2. The SMILES string of the molecule is Cc1cc(Br)cc(NC[C@@H]2CCO2)c1NC(=O)CCl. The summed E-state index contributed by atoms with van der Waals surface area (Å²) < 4.78 is 6.34. The van der Waals surface area contributed by atoms with Gasteiger partial charge < -0.3 is 15.4 Å². The quantitative estimate of drug-likeness (QED) is 0.805. The standard InChI is InChI=1S/C13H16BrClN2O2/c1-8-4-9(14)5-11(13(8)17-12(18)6-15)16-7-10-2-3-19-10/h4-5,10,16H,2-3,6-7H2,1H3,(H,17,18)/t10-/m0/s1. The summed E-state index contributed by atoms with van der Waals surface area (Å²) in [5, 5.41) is 6.13. The van der Waals surface area contributed by atoms with Crippen molar-refractivity contribution in [3.8, 4) is 0 Å². The molecule has 6 heteroatoms. The van der Waals surface area contributed by atoms with E-state index in [1.807, 2.05) is 19.1 Å². The van der Waals surface area contributed by atoms with E-state index in [2.05, 4.69) is 26.6 Å². The van der Waals surface area contributed by atoms with Gasteiger partial charge in [-0.05, 0) is 31.0 Å². The molecular formula is C13H16BrClN2O2. The van der Waals surface area contributed by atoms with Gasteiger partial charge in [0.2, 0.25) is 5.91 Å². The Morgan fingerprint density at radius 2 is 2.32 bits per heavy atom. The van der Waals surface area contributed by atoms with Crippen LogP contribution in [-0.2, 0) is 9.53 Å². The van der Waals surface area contributed by atoms with Crippen LogP contribution in [0.2, 0.25) is 0 Å². The molecule has 1 aromatic rings. The first-order valence-corrected chi connectivity index (χ1v) is 7.44. The van der Waals surface area contributed by atoms with Gasteiger partial charge in [-0.1, -0.05) is 15.9 Å². The number of benzene rings is 1. The molecule has 1 amide bonds. The average Bonchev–Trinajstić information content (AvgIpc) is 2.31. The molecule has 2 rings (SSSR count). The van der Waals surface area contributed by atoms with Crippen LogP contribution in [0.25, 0.3) is 0 Å². The summed E-state index contributed by atoms with van der Waals surface area (Å²) in [5.41, 5.74) is 2.62. The molecule has 0 aromatic heterocycles. The lowest BCUT2D eigenvalue weighted by Crippen LogP contribution is -2.33. The number of carbonyl (C=O) groups is 1. The molecule has 1 fully saturated rings. The summed E-state index contributed by atoms with van der Waals surface area (Å²) >= 11 is 8.99. The number of alkyl halides is 1.